The van der Waals surface area contributed by atoms with Crippen molar-refractivity contribution in [3.05, 3.63) is 23.8 Å². The molecule has 1 rings (SSSR count). The average Bonchev–Trinajstić information content (AvgIpc) is 2.41. The van der Waals surface area contributed by atoms with Crippen molar-refractivity contribution >= 4 is 5.69 Å². The number of hydrogen-bond acceptors (Lipinski definition) is 4. The van der Waals surface area contributed by atoms with Gasteiger partial charge in [0.1, 0.15) is 12.4 Å². The topological polar surface area (TPSA) is 39.7 Å². The molecule has 0 aliphatic heterocycles. The Bertz CT molecular complexity index is 405. The monoisotopic (exact) mass is 281 g/mol. The van der Waals surface area contributed by atoms with Crippen LogP contribution in [0.4, 0.5) is 5.69 Å². The van der Waals surface area contributed by atoms with Gasteiger partial charge >= 0.3 is 0 Å². The van der Waals surface area contributed by atoms with Crippen molar-refractivity contribution < 1.29 is 14.2 Å². The standard InChI is InChI=1S/C16H27NO3/c1-13-6-7-14(15(12-13)20-11-10-18-4)17-9-8-16(2,3)19-5/h6-7,12,17H,8-11H2,1-5H3. The van der Waals surface area contributed by atoms with Gasteiger partial charge in [-0.25, -0.2) is 0 Å². The van der Waals surface area contributed by atoms with Crippen LogP contribution in [0, 0.1) is 6.92 Å². The Hall–Kier alpha value is -1.26. The summed E-state index contributed by atoms with van der Waals surface area (Å²) in [5, 5.41) is 3.41. The Morgan fingerprint density at radius 2 is 1.90 bits per heavy atom. The predicted molar refractivity (Wildman–Crippen MR) is 82.7 cm³/mol. The lowest BCUT2D eigenvalue weighted by molar-refractivity contribution is 0.0185. The van der Waals surface area contributed by atoms with Crippen molar-refractivity contribution in [2.75, 3.05) is 39.3 Å². The Morgan fingerprint density at radius 1 is 1.15 bits per heavy atom. The molecule has 1 N–H and O–H groups in total. The maximum absolute atomic E-state index is 5.75. The summed E-state index contributed by atoms with van der Waals surface area (Å²) < 4.78 is 16.2. The molecule has 0 saturated carbocycles. The highest BCUT2D eigenvalue weighted by atomic mass is 16.5. The van der Waals surface area contributed by atoms with E-state index in [2.05, 4.69) is 38.2 Å². The van der Waals surface area contributed by atoms with Crippen molar-refractivity contribution in [2.45, 2.75) is 32.8 Å². The highest BCUT2D eigenvalue weighted by Gasteiger charge is 2.15. The molecule has 0 saturated heterocycles. The number of ether oxygens (including phenoxy) is 3. The molecule has 0 heterocycles. The van der Waals surface area contributed by atoms with E-state index < -0.39 is 0 Å². The number of nitrogens with one attached hydrogen (secondary N) is 1. The normalized spacial score (nSPS) is 11.4. The third-order valence-electron chi connectivity index (χ3n) is 3.28. The highest BCUT2D eigenvalue weighted by Crippen LogP contribution is 2.26. The van der Waals surface area contributed by atoms with Crippen LogP contribution in [0.1, 0.15) is 25.8 Å². The van der Waals surface area contributed by atoms with Crippen LogP contribution < -0.4 is 10.1 Å². The van der Waals surface area contributed by atoms with Crippen LogP contribution in [0.5, 0.6) is 5.75 Å². The minimum atomic E-state index is -0.116. The first kappa shape index (κ1) is 16.8. The van der Waals surface area contributed by atoms with Crippen molar-refractivity contribution in [2.24, 2.45) is 0 Å². The SMILES string of the molecule is COCCOc1cc(C)ccc1NCCC(C)(C)OC. The first-order valence-electron chi connectivity index (χ1n) is 7.00. The molecule has 0 fully saturated rings. The molecule has 0 aromatic heterocycles. The van der Waals surface area contributed by atoms with Gasteiger partial charge in [0.05, 0.1) is 17.9 Å². The molecule has 114 valence electrons. The van der Waals surface area contributed by atoms with E-state index >= 15 is 0 Å². The molecule has 0 unspecified atom stereocenters. The third-order valence-corrected chi connectivity index (χ3v) is 3.28. The van der Waals surface area contributed by atoms with E-state index in [4.69, 9.17) is 14.2 Å². The zero-order chi connectivity index (χ0) is 15.0. The third kappa shape index (κ3) is 5.80. The first-order chi connectivity index (χ1) is 9.48. The predicted octanol–water partition coefficient (Wildman–Crippen LogP) is 3.25. The Balaban J connectivity index is 2.59. The molecular weight excluding hydrogens is 254 g/mol. The van der Waals surface area contributed by atoms with E-state index in [1.807, 2.05) is 6.07 Å². The lowest BCUT2D eigenvalue weighted by atomic mass is 10.1. The largest absolute Gasteiger partial charge is 0.489 e. The summed E-state index contributed by atoms with van der Waals surface area (Å²) in [6, 6.07) is 6.17. The summed E-state index contributed by atoms with van der Waals surface area (Å²) >= 11 is 0. The Morgan fingerprint density at radius 3 is 2.55 bits per heavy atom. The van der Waals surface area contributed by atoms with Crippen molar-refractivity contribution in [1.82, 2.24) is 0 Å². The van der Waals surface area contributed by atoms with Crippen LogP contribution in [0.3, 0.4) is 0 Å². The van der Waals surface area contributed by atoms with Gasteiger partial charge < -0.3 is 19.5 Å². The second-order valence-electron chi connectivity index (χ2n) is 5.48. The van der Waals surface area contributed by atoms with E-state index in [-0.39, 0.29) is 5.60 Å². The lowest BCUT2D eigenvalue weighted by Crippen LogP contribution is -2.25. The summed E-state index contributed by atoms with van der Waals surface area (Å²) in [6.07, 6.45) is 0.925. The molecule has 0 radical (unpaired) electrons. The zero-order valence-corrected chi connectivity index (χ0v) is 13.3. The molecule has 1 aromatic carbocycles. The van der Waals surface area contributed by atoms with Gasteiger partial charge in [-0.2, -0.15) is 0 Å². The van der Waals surface area contributed by atoms with Gasteiger partial charge in [-0.3, -0.25) is 0 Å². The summed E-state index contributed by atoms with van der Waals surface area (Å²) in [5.74, 6) is 0.872. The number of benzene rings is 1. The summed E-state index contributed by atoms with van der Waals surface area (Å²) in [5.41, 5.74) is 2.08. The molecule has 0 aliphatic carbocycles. The number of aryl methyl sites for hydroxylation is 1. The molecular formula is C16H27NO3. The molecule has 0 atom stereocenters. The minimum Gasteiger partial charge on any atom is -0.489 e. The molecule has 4 heteroatoms. The van der Waals surface area contributed by atoms with Crippen molar-refractivity contribution in [1.29, 1.82) is 0 Å². The zero-order valence-electron chi connectivity index (χ0n) is 13.3. The second kappa shape index (κ2) is 8.12. The summed E-state index contributed by atoms with van der Waals surface area (Å²) in [4.78, 5) is 0. The quantitative estimate of drug-likeness (QED) is 0.705. The highest BCUT2D eigenvalue weighted by molar-refractivity contribution is 5.57. The van der Waals surface area contributed by atoms with Crippen LogP contribution in [0.25, 0.3) is 0 Å². The van der Waals surface area contributed by atoms with E-state index in [1.165, 1.54) is 5.56 Å². The van der Waals surface area contributed by atoms with Crippen LogP contribution in [0.15, 0.2) is 18.2 Å². The van der Waals surface area contributed by atoms with Gasteiger partial charge in [-0.1, -0.05) is 6.07 Å². The molecule has 1 aromatic rings. The van der Waals surface area contributed by atoms with Gasteiger partial charge in [0.15, 0.2) is 0 Å². The molecule has 0 bridgehead atoms. The van der Waals surface area contributed by atoms with Gasteiger partial charge in [0.2, 0.25) is 0 Å². The first-order valence-corrected chi connectivity index (χ1v) is 7.00. The van der Waals surface area contributed by atoms with Crippen LogP contribution in [-0.4, -0.2) is 39.6 Å². The van der Waals surface area contributed by atoms with E-state index in [9.17, 15) is 0 Å². The summed E-state index contributed by atoms with van der Waals surface area (Å²) in [7, 11) is 3.41. The molecule has 0 spiro atoms. The fourth-order valence-electron chi connectivity index (χ4n) is 1.73. The fraction of sp³-hybridized carbons (Fsp3) is 0.625. The number of anilines is 1. The Kier molecular flexibility index (Phi) is 6.82. The van der Waals surface area contributed by atoms with Crippen LogP contribution in [-0.2, 0) is 9.47 Å². The van der Waals surface area contributed by atoms with E-state index in [0.717, 1.165) is 24.4 Å². The molecule has 4 nitrogen and oxygen atoms in total. The number of methoxy groups -OCH3 is 2. The summed E-state index contributed by atoms with van der Waals surface area (Å²) in [6.45, 7) is 8.20. The second-order valence-corrected chi connectivity index (χ2v) is 5.48. The fourth-order valence-corrected chi connectivity index (χ4v) is 1.73. The van der Waals surface area contributed by atoms with Gasteiger partial charge in [-0.05, 0) is 44.9 Å². The van der Waals surface area contributed by atoms with Gasteiger partial charge in [0, 0.05) is 20.8 Å². The molecule has 0 amide bonds. The van der Waals surface area contributed by atoms with Gasteiger partial charge in [0.25, 0.3) is 0 Å². The average molecular weight is 281 g/mol. The maximum Gasteiger partial charge on any atom is 0.142 e. The number of hydrogen-bond donors (Lipinski definition) is 1. The van der Waals surface area contributed by atoms with E-state index in [1.54, 1.807) is 14.2 Å². The maximum atomic E-state index is 5.75. The Labute approximate surface area is 122 Å². The van der Waals surface area contributed by atoms with Crippen LogP contribution in [0.2, 0.25) is 0 Å². The van der Waals surface area contributed by atoms with Crippen molar-refractivity contribution in [3.63, 3.8) is 0 Å². The smallest absolute Gasteiger partial charge is 0.142 e. The van der Waals surface area contributed by atoms with Gasteiger partial charge in [-0.15, -0.1) is 0 Å². The van der Waals surface area contributed by atoms with E-state index in [0.29, 0.717) is 13.2 Å². The van der Waals surface area contributed by atoms with Crippen molar-refractivity contribution in [3.8, 4) is 5.75 Å². The van der Waals surface area contributed by atoms with Crippen LogP contribution >= 0.6 is 0 Å². The lowest BCUT2D eigenvalue weighted by Gasteiger charge is -2.23. The number of rotatable bonds is 9. The molecule has 20 heavy (non-hydrogen) atoms. The molecule has 0 aliphatic rings. The minimum absolute atomic E-state index is 0.116.